The van der Waals surface area contributed by atoms with E-state index in [4.69, 9.17) is 0 Å². The van der Waals surface area contributed by atoms with Crippen LogP contribution in [0, 0.1) is 20.2 Å². The van der Waals surface area contributed by atoms with E-state index in [-0.39, 0.29) is 17.2 Å². The molecule has 1 atom stereocenters. The first kappa shape index (κ1) is 13.9. The molecule has 0 saturated carbocycles. The van der Waals surface area contributed by atoms with Crippen molar-refractivity contribution in [1.82, 2.24) is 0 Å². The van der Waals surface area contributed by atoms with Gasteiger partial charge in [-0.15, -0.1) is 0 Å². The highest BCUT2D eigenvalue weighted by Crippen LogP contribution is 2.42. The predicted octanol–water partition coefficient (Wildman–Crippen LogP) is 3.11. The quantitative estimate of drug-likeness (QED) is 0.641. The van der Waals surface area contributed by atoms with Crippen molar-refractivity contribution in [3.05, 3.63) is 37.9 Å². The van der Waals surface area contributed by atoms with Crippen LogP contribution in [0.4, 0.5) is 11.4 Å². The molecular formula is C11H14N2O5. The van der Waals surface area contributed by atoms with Crippen molar-refractivity contribution in [3.63, 3.8) is 0 Å². The lowest BCUT2D eigenvalue weighted by molar-refractivity contribution is -0.423. The van der Waals surface area contributed by atoms with E-state index >= 15 is 0 Å². The fourth-order valence-corrected chi connectivity index (χ4v) is 1.99. The predicted molar refractivity (Wildman–Crippen MR) is 64.7 cm³/mol. The summed E-state index contributed by atoms with van der Waals surface area (Å²) in [6.45, 7) is 3.60. The van der Waals surface area contributed by atoms with Gasteiger partial charge in [0.2, 0.25) is 0 Å². The Hall–Kier alpha value is -2.18. The lowest BCUT2D eigenvalue weighted by atomic mass is 9.93. The van der Waals surface area contributed by atoms with E-state index in [0.717, 1.165) is 18.6 Å². The van der Waals surface area contributed by atoms with E-state index in [1.54, 1.807) is 6.92 Å². The van der Waals surface area contributed by atoms with E-state index in [1.807, 2.05) is 6.92 Å². The Kier molecular flexibility index (Phi) is 4.19. The summed E-state index contributed by atoms with van der Waals surface area (Å²) in [5, 5.41) is 31.5. The summed E-state index contributed by atoms with van der Waals surface area (Å²) >= 11 is 0. The molecule has 7 nitrogen and oxygen atoms in total. The Morgan fingerprint density at radius 1 is 1.28 bits per heavy atom. The van der Waals surface area contributed by atoms with Gasteiger partial charge in [0.25, 0.3) is 0 Å². The van der Waals surface area contributed by atoms with Crippen molar-refractivity contribution < 1.29 is 15.0 Å². The maximum atomic E-state index is 11.0. The van der Waals surface area contributed by atoms with Gasteiger partial charge in [0.15, 0.2) is 0 Å². The first-order chi connectivity index (χ1) is 8.40. The SMILES string of the molecule is CCCC(C)c1c(O)ccc([N+](=O)[O-])c1[N+](=O)[O-]. The van der Waals surface area contributed by atoms with Gasteiger partial charge in [-0.05, 0) is 18.4 Å². The normalized spacial score (nSPS) is 12.1. The van der Waals surface area contributed by atoms with Gasteiger partial charge in [-0.2, -0.15) is 0 Å². The van der Waals surface area contributed by atoms with Crippen LogP contribution in [0.5, 0.6) is 5.75 Å². The van der Waals surface area contributed by atoms with Crippen LogP contribution in [0.1, 0.15) is 38.2 Å². The van der Waals surface area contributed by atoms with Gasteiger partial charge in [-0.3, -0.25) is 20.2 Å². The zero-order valence-corrected chi connectivity index (χ0v) is 10.1. The van der Waals surface area contributed by atoms with E-state index < -0.39 is 21.2 Å². The lowest BCUT2D eigenvalue weighted by Crippen LogP contribution is -2.04. The highest BCUT2D eigenvalue weighted by molar-refractivity contribution is 5.63. The highest BCUT2D eigenvalue weighted by atomic mass is 16.6. The van der Waals surface area contributed by atoms with Crippen LogP contribution in [0.2, 0.25) is 0 Å². The van der Waals surface area contributed by atoms with Crippen molar-refractivity contribution in [1.29, 1.82) is 0 Å². The molecule has 1 N–H and O–H groups in total. The molecule has 0 fully saturated rings. The summed E-state index contributed by atoms with van der Waals surface area (Å²) in [7, 11) is 0. The molecule has 7 heteroatoms. The molecule has 0 radical (unpaired) electrons. The van der Waals surface area contributed by atoms with Crippen LogP contribution >= 0.6 is 0 Å². The fraction of sp³-hybridized carbons (Fsp3) is 0.455. The molecule has 0 spiro atoms. The van der Waals surface area contributed by atoms with Gasteiger partial charge in [-0.25, -0.2) is 0 Å². The zero-order valence-electron chi connectivity index (χ0n) is 10.1. The molecule has 1 rings (SSSR count). The molecule has 0 amide bonds. The van der Waals surface area contributed by atoms with Gasteiger partial charge in [0.1, 0.15) is 5.75 Å². The van der Waals surface area contributed by atoms with E-state index in [0.29, 0.717) is 6.42 Å². The number of nitro groups is 2. The van der Waals surface area contributed by atoms with E-state index in [9.17, 15) is 25.3 Å². The Morgan fingerprint density at radius 3 is 2.33 bits per heavy atom. The van der Waals surface area contributed by atoms with Crippen LogP contribution in [0.3, 0.4) is 0 Å². The Bertz CT molecular complexity index is 487. The van der Waals surface area contributed by atoms with Crippen molar-refractivity contribution in [2.45, 2.75) is 32.6 Å². The molecule has 0 bridgehead atoms. The molecule has 0 aliphatic carbocycles. The second-order valence-corrected chi connectivity index (χ2v) is 4.07. The molecule has 18 heavy (non-hydrogen) atoms. The number of phenols is 1. The van der Waals surface area contributed by atoms with E-state index in [2.05, 4.69) is 0 Å². The van der Waals surface area contributed by atoms with Gasteiger partial charge >= 0.3 is 11.4 Å². The number of phenolic OH excluding ortho intramolecular Hbond substituents is 1. The summed E-state index contributed by atoms with van der Waals surface area (Å²) in [6.07, 6.45) is 1.37. The third-order valence-electron chi connectivity index (χ3n) is 2.77. The maximum Gasteiger partial charge on any atom is 0.353 e. The van der Waals surface area contributed by atoms with Gasteiger partial charge in [0.05, 0.1) is 15.4 Å². The zero-order chi connectivity index (χ0) is 13.9. The first-order valence-corrected chi connectivity index (χ1v) is 5.54. The summed E-state index contributed by atoms with van der Waals surface area (Å²) < 4.78 is 0. The minimum absolute atomic E-state index is 0.0380. The van der Waals surface area contributed by atoms with Gasteiger partial charge < -0.3 is 5.11 Å². The van der Waals surface area contributed by atoms with Crippen molar-refractivity contribution in [2.75, 3.05) is 0 Å². The lowest BCUT2D eigenvalue weighted by Gasteiger charge is -2.12. The van der Waals surface area contributed by atoms with Crippen molar-refractivity contribution >= 4 is 11.4 Å². The monoisotopic (exact) mass is 254 g/mol. The molecule has 0 aromatic heterocycles. The number of aromatic hydroxyl groups is 1. The van der Waals surface area contributed by atoms with Crippen LogP contribution < -0.4 is 0 Å². The molecular weight excluding hydrogens is 240 g/mol. The van der Waals surface area contributed by atoms with E-state index in [1.165, 1.54) is 0 Å². The smallest absolute Gasteiger partial charge is 0.353 e. The average Bonchev–Trinajstić information content (AvgIpc) is 2.27. The van der Waals surface area contributed by atoms with Crippen LogP contribution in [-0.2, 0) is 0 Å². The number of hydrogen-bond donors (Lipinski definition) is 1. The molecule has 0 aliphatic rings. The molecule has 98 valence electrons. The number of benzene rings is 1. The molecule has 1 aromatic carbocycles. The standard InChI is InChI=1S/C11H14N2O5/c1-3-4-7(2)10-9(14)6-5-8(12(15)16)11(10)13(17)18/h5-7,14H,3-4H2,1-2H3. The Balaban J connectivity index is 3.51. The van der Waals surface area contributed by atoms with Gasteiger partial charge in [0, 0.05) is 6.07 Å². The number of rotatable bonds is 5. The summed E-state index contributed by atoms with van der Waals surface area (Å²) in [5.74, 6) is -0.580. The third-order valence-corrected chi connectivity index (χ3v) is 2.77. The second-order valence-electron chi connectivity index (χ2n) is 4.07. The Labute approximate surface area is 103 Å². The second kappa shape index (κ2) is 5.44. The maximum absolute atomic E-state index is 11.0. The number of hydrogen-bond acceptors (Lipinski definition) is 5. The first-order valence-electron chi connectivity index (χ1n) is 5.54. The van der Waals surface area contributed by atoms with Crippen molar-refractivity contribution in [2.24, 2.45) is 0 Å². The topological polar surface area (TPSA) is 107 Å². The minimum atomic E-state index is -0.806. The van der Waals surface area contributed by atoms with Crippen molar-refractivity contribution in [3.8, 4) is 5.75 Å². The summed E-state index contributed by atoms with van der Waals surface area (Å²) in [5.41, 5.74) is -1.16. The average molecular weight is 254 g/mol. The van der Waals surface area contributed by atoms with Crippen LogP contribution in [0.15, 0.2) is 12.1 Å². The largest absolute Gasteiger partial charge is 0.507 e. The highest BCUT2D eigenvalue weighted by Gasteiger charge is 2.33. The van der Waals surface area contributed by atoms with Gasteiger partial charge in [-0.1, -0.05) is 20.3 Å². The van der Waals surface area contributed by atoms with Crippen LogP contribution in [0.25, 0.3) is 0 Å². The summed E-state index contributed by atoms with van der Waals surface area (Å²) in [4.78, 5) is 20.2. The number of nitrogens with zero attached hydrogens (tertiary/aromatic N) is 2. The summed E-state index contributed by atoms with van der Waals surface area (Å²) in [6, 6.07) is 2.09. The van der Waals surface area contributed by atoms with Crippen LogP contribution in [-0.4, -0.2) is 15.0 Å². The molecule has 0 aliphatic heterocycles. The number of nitro benzene ring substituents is 2. The fourth-order valence-electron chi connectivity index (χ4n) is 1.99. The Morgan fingerprint density at radius 2 is 1.89 bits per heavy atom. The third kappa shape index (κ3) is 2.55. The molecule has 0 saturated heterocycles. The molecule has 1 aromatic rings. The molecule has 0 heterocycles. The molecule has 1 unspecified atom stereocenters. The minimum Gasteiger partial charge on any atom is -0.507 e.